The number of hydrogen-bond acceptors (Lipinski definition) is 3. The minimum absolute atomic E-state index is 0.00785. The Hall–Kier alpha value is -2.82. The van der Waals surface area contributed by atoms with Crippen molar-refractivity contribution in [2.45, 2.75) is 66.6 Å². The number of hydrogen-bond donors (Lipinski definition) is 1. The first kappa shape index (κ1) is 23.5. The number of nitrogens with one attached hydrogen (secondary N) is 1. The number of ether oxygens (including phenoxy) is 1. The van der Waals surface area contributed by atoms with Crippen LogP contribution in [-0.2, 0) is 16.1 Å². The minimum Gasteiger partial charge on any atom is -0.484 e. The Morgan fingerprint density at radius 3 is 2.23 bits per heavy atom. The lowest BCUT2D eigenvalue weighted by molar-refractivity contribution is -0.143. The molecular weight excluding hydrogens is 376 g/mol. The second kappa shape index (κ2) is 10.8. The van der Waals surface area contributed by atoms with Gasteiger partial charge in [-0.2, -0.15) is 0 Å². The quantitative estimate of drug-likeness (QED) is 0.670. The Labute approximate surface area is 180 Å². The van der Waals surface area contributed by atoms with Crippen molar-refractivity contribution in [2.75, 3.05) is 6.61 Å². The average molecular weight is 411 g/mol. The van der Waals surface area contributed by atoms with Gasteiger partial charge in [0.15, 0.2) is 6.61 Å². The van der Waals surface area contributed by atoms with Crippen LogP contribution in [0.15, 0.2) is 42.5 Å². The van der Waals surface area contributed by atoms with E-state index in [4.69, 9.17) is 4.74 Å². The molecule has 0 aliphatic rings. The molecule has 1 atom stereocenters. The van der Waals surface area contributed by atoms with E-state index in [0.717, 1.165) is 22.3 Å². The molecule has 0 heterocycles. The molecule has 30 heavy (non-hydrogen) atoms. The molecule has 0 bridgehead atoms. The van der Waals surface area contributed by atoms with Crippen LogP contribution < -0.4 is 10.1 Å². The van der Waals surface area contributed by atoms with Gasteiger partial charge in [-0.25, -0.2) is 0 Å². The molecule has 0 unspecified atom stereocenters. The average Bonchev–Trinajstić information content (AvgIpc) is 2.66. The fourth-order valence-electron chi connectivity index (χ4n) is 3.52. The summed E-state index contributed by atoms with van der Waals surface area (Å²) >= 11 is 0. The van der Waals surface area contributed by atoms with Crippen LogP contribution in [-0.4, -0.2) is 35.4 Å². The van der Waals surface area contributed by atoms with Crippen molar-refractivity contribution in [3.63, 3.8) is 0 Å². The molecule has 0 saturated heterocycles. The lowest BCUT2D eigenvalue weighted by Crippen LogP contribution is -2.51. The largest absolute Gasteiger partial charge is 0.484 e. The van der Waals surface area contributed by atoms with E-state index < -0.39 is 6.04 Å². The predicted octanol–water partition coefficient (Wildman–Crippen LogP) is 4.32. The maximum absolute atomic E-state index is 13.2. The molecule has 2 aromatic carbocycles. The normalized spacial score (nSPS) is 11.8. The van der Waals surface area contributed by atoms with Gasteiger partial charge in [-0.05, 0) is 75.4 Å². The van der Waals surface area contributed by atoms with Crippen LogP contribution in [0.4, 0.5) is 0 Å². The highest BCUT2D eigenvalue weighted by Gasteiger charge is 2.29. The highest BCUT2D eigenvalue weighted by molar-refractivity contribution is 5.88. The van der Waals surface area contributed by atoms with E-state index >= 15 is 0 Å². The van der Waals surface area contributed by atoms with Gasteiger partial charge in [0.25, 0.3) is 5.91 Å². The van der Waals surface area contributed by atoms with Gasteiger partial charge in [-0.15, -0.1) is 0 Å². The molecule has 5 nitrogen and oxygen atoms in total. The van der Waals surface area contributed by atoms with E-state index in [2.05, 4.69) is 11.4 Å². The lowest BCUT2D eigenvalue weighted by atomic mass is 10.1. The molecule has 0 spiro atoms. The maximum atomic E-state index is 13.2. The number of aryl methyl sites for hydroxylation is 3. The third-order valence-electron chi connectivity index (χ3n) is 4.98. The van der Waals surface area contributed by atoms with Crippen molar-refractivity contribution in [1.29, 1.82) is 0 Å². The summed E-state index contributed by atoms with van der Waals surface area (Å²) in [5.74, 6) is 0.320. The molecule has 0 saturated carbocycles. The molecule has 5 heteroatoms. The fraction of sp³-hybridized carbons (Fsp3) is 0.440. The van der Waals surface area contributed by atoms with Crippen LogP contribution in [0.3, 0.4) is 0 Å². The van der Waals surface area contributed by atoms with Crippen molar-refractivity contribution in [3.8, 4) is 5.75 Å². The Morgan fingerprint density at radius 2 is 1.67 bits per heavy atom. The van der Waals surface area contributed by atoms with E-state index in [1.807, 2.05) is 77.9 Å². The van der Waals surface area contributed by atoms with Crippen molar-refractivity contribution in [2.24, 2.45) is 0 Å². The number of rotatable bonds is 9. The zero-order chi connectivity index (χ0) is 22.3. The Kier molecular flexibility index (Phi) is 8.46. The molecule has 0 fully saturated rings. The van der Waals surface area contributed by atoms with Gasteiger partial charge in [0, 0.05) is 12.6 Å². The molecule has 2 rings (SSSR count). The standard InChI is InChI=1S/C25H34N2O3/c1-7-23(25(29)26-17(2)3)27(15-21-11-9-8-10-20(21)6)24(28)16-30-22-13-18(4)12-19(5)14-22/h8-14,17,23H,7,15-16H2,1-6H3,(H,26,29)/t23-/m1/s1. The first-order valence-corrected chi connectivity index (χ1v) is 10.6. The molecule has 0 radical (unpaired) electrons. The summed E-state index contributed by atoms with van der Waals surface area (Å²) < 4.78 is 5.81. The number of carbonyl (C=O) groups is 2. The monoisotopic (exact) mass is 410 g/mol. The SMILES string of the molecule is CC[C@H](C(=O)NC(C)C)N(Cc1ccccc1C)C(=O)COc1cc(C)cc(C)c1. The van der Waals surface area contributed by atoms with E-state index in [1.54, 1.807) is 4.90 Å². The van der Waals surface area contributed by atoms with Gasteiger partial charge in [0.05, 0.1) is 0 Å². The van der Waals surface area contributed by atoms with E-state index in [0.29, 0.717) is 18.7 Å². The van der Waals surface area contributed by atoms with E-state index in [-0.39, 0.29) is 24.5 Å². The van der Waals surface area contributed by atoms with Crippen molar-refractivity contribution in [3.05, 3.63) is 64.7 Å². The minimum atomic E-state index is -0.553. The van der Waals surface area contributed by atoms with Gasteiger partial charge in [-0.1, -0.05) is 37.3 Å². The van der Waals surface area contributed by atoms with Crippen molar-refractivity contribution >= 4 is 11.8 Å². The highest BCUT2D eigenvalue weighted by Crippen LogP contribution is 2.18. The number of carbonyl (C=O) groups excluding carboxylic acids is 2. The van der Waals surface area contributed by atoms with Crippen molar-refractivity contribution in [1.82, 2.24) is 10.2 Å². The summed E-state index contributed by atoms with van der Waals surface area (Å²) in [5, 5.41) is 2.94. The van der Waals surface area contributed by atoms with Crippen LogP contribution in [0.25, 0.3) is 0 Å². The second-order valence-electron chi connectivity index (χ2n) is 8.15. The van der Waals surface area contributed by atoms with Gasteiger partial charge in [0.1, 0.15) is 11.8 Å². The molecule has 162 valence electrons. The Balaban J connectivity index is 2.25. The second-order valence-corrected chi connectivity index (χ2v) is 8.15. The summed E-state index contributed by atoms with van der Waals surface area (Å²) in [6.07, 6.45) is 0.528. The Bertz CT molecular complexity index is 856. The zero-order valence-corrected chi connectivity index (χ0v) is 19.0. The summed E-state index contributed by atoms with van der Waals surface area (Å²) in [4.78, 5) is 27.7. The van der Waals surface area contributed by atoms with Crippen LogP contribution in [0.2, 0.25) is 0 Å². The van der Waals surface area contributed by atoms with Crippen LogP contribution in [0.1, 0.15) is 49.4 Å². The number of benzene rings is 2. The first-order valence-electron chi connectivity index (χ1n) is 10.6. The van der Waals surface area contributed by atoms with Crippen LogP contribution >= 0.6 is 0 Å². The Morgan fingerprint density at radius 1 is 1.03 bits per heavy atom. The number of amides is 2. The van der Waals surface area contributed by atoms with Gasteiger partial charge in [0.2, 0.25) is 5.91 Å². The smallest absolute Gasteiger partial charge is 0.261 e. The molecule has 2 amide bonds. The van der Waals surface area contributed by atoms with Crippen LogP contribution in [0, 0.1) is 20.8 Å². The van der Waals surface area contributed by atoms with E-state index in [1.165, 1.54) is 0 Å². The molecular formula is C25H34N2O3. The highest BCUT2D eigenvalue weighted by atomic mass is 16.5. The predicted molar refractivity (Wildman–Crippen MR) is 120 cm³/mol. The summed E-state index contributed by atoms with van der Waals surface area (Å²) in [6, 6.07) is 13.3. The summed E-state index contributed by atoms with van der Waals surface area (Å²) in [6.45, 7) is 12.0. The van der Waals surface area contributed by atoms with Gasteiger partial charge >= 0.3 is 0 Å². The summed E-state index contributed by atoms with van der Waals surface area (Å²) in [5.41, 5.74) is 4.27. The number of nitrogens with zero attached hydrogens (tertiary/aromatic N) is 1. The molecule has 1 N–H and O–H groups in total. The molecule has 0 aromatic heterocycles. The summed E-state index contributed by atoms with van der Waals surface area (Å²) in [7, 11) is 0. The third-order valence-corrected chi connectivity index (χ3v) is 4.98. The molecule has 0 aliphatic heterocycles. The lowest BCUT2D eigenvalue weighted by Gasteiger charge is -2.31. The van der Waals surface area contributed by atoms with Crippen molar-refractivity contribution < 1.29 is 14.3 Å². The van der Waals surface area contributed by atoms with Crippen LogP contribution in [0.5, 0.6) is 5.75 Å². The van der Waals surface area contributed by atoms with E-state index in [9.17, 15) is 9.59 Å². The molecule has 2 aromatic rings. The van der Waals surface area contributed by atoms with Gasteiger partial charge < -0.3 is 15.0 Å². The fourth-order valence-corrected chi connectivity index (χ4v) is 3.52. The van der Waals surface area contributed by atoms with Gasteiger partial charge in [-0.3, -0.25) is 9.59 Å². The third kappa shape index (κ3) is 6.61. The topological polar surface area (TPSA) is 58.6 Å². The zero-order valence-electron chi connectivity index (χ0n) is 19.0. The molecule has 0 aliphatic carbocycles. The maximum Gasteiger partial charge on any atom is 0.261 e. The first-order chi connectivity index (χ1) is 14.2.